The van der Waals surface area contributed by atoms with Crippen molar-refractivity contribution in [1.29, 1.82) is 0 Å². The van der Waals surface area contributed by atoms with Gasteiger partial charge in [0.25, 0.3) is 11.6 Å². The van der Waals surface area contributed by atoms with Crippen LogP contribution in [0.5, 0.6) is 5.75 Å². The van der Waals surface area contributed by atoms with Gasteiger partial charge in [0, 0.05) is 30.9 Å². The lowest BCUT2D eigenvalue weighted by Gasteiger charge is -2.11. The molecule has 2 aromatic carbocycles. The molecule has 2 N–H and O–H groups in total. The van der Waals surface area contributed by atoms with Crippen molar-refractivity contribution in [1.82, 2.24) is 5.32 Å². The van der Waals surface area contributed by atoms with Crippen molar-refractivity contribution in [3.05, 3.63) is 63.7 Å². The first-order chi connectivity index (χ1) is 13.9. The van der Waals surface area contributed by atoms with E-state index < -0.39 is 23.4 Å². The molecule has 0 aliphatic heterocycles. The van der Waals surface area contributed by atoms with Gasteiger partial charge in [0.15, 0.2) is 13.2 Å². The van der Waals surface area contributed by atoms with E-state index in [0.29, 0.717) is 24.5 Å². The van der Waals surface area contributed by atoms with Gasteiger partial charge in [0.05, 0.1) is 4.92 Å². The summed E-state index contributed by atoms with van der Waals surface area (Å²) in [6.07, 6.45) is 0. The van der Waals surface area contributed by atoms with Crippen LogP contribution >= 0.6 is 0 Å². The van der Waals surface area contributed by atoms with Gasteiger partial charge in [-0.1, -0.05) is 12.1 Å². The molecule has 0 atom stereocenters. The minimum atomic E-state index is -0.634. The molecule has 0 fully saturated rings. The van der Waals surface area contributed by atoms with Crippen molar-refractivity contribution < 1.29 is 24.0 Å². The van der Waals surface area contributed by atoms with E-state index >= 15 is 0 Å². The summed E-state index contributed by atoms with van der Waals surface area (Å²) in [6, 6.07) is 11.5. The van der Waals surface area contributed by atoms with E-state index in [0.717, 1.165) is 11.1 Å². The topological polar surface area (TPSA) is 120 Å². The summed E-state index contributed by atoms with van der Waals surface area (Å²) in [6.45, 7) is 3.88. The molecule has 154 valence electrons. The Morgan fingerprint density at radius 1 is 1.03 bits per heavy atom. The van der Waals surface area contributed by atoms with Crippen LogP contribution < -0.4 is 15.4 Å². The second kappa shape index (κ2) is 10.6. The number of nitro groups is 1. The molecule has 2 rings (SSSR count). The molecule has 0 saturated heterocycles. The molecule has 0 aliphatic carbocycles. The van der Waals surface area contributed by atoms with Crippen LogP contribution in [0.1, 0.15) is 11.1 Å². The fraction of sp³-hybridized carbons (Fsp3) is 0.300. The molecule has 0 radical (unpaired) electrons. The van der Waals surface area contributed by atoms with Crippen molar-refractivity contribution in [2.75, 3.05) is 31.6 Å². The van der Waals surface area contributed by atoms with Crippen molar-refractivity contribution in [3.63, 3.8) is 0 Å². The van der Waals surface area contributed by atoms with Crippen LogP contribution in [0, 0.1) is 24.0 Å². The molecule has 0 heterocycles. The number of hydrogen-bond acceptors (Lipinski definition) is 7. The Balaban J connectivity index is 1.61. The zero-order chi connectivity index (χ0) is 21.2. The van der Waals surface area contributed by atoms with Gasteiger partial charge in [0.1, 0.15) is 5.75 Å². The first-order valence-electron chi connectivity index (χ1n) is 8.96. The Labute approximate surface area is 168 Å². The third-order valence-corrected chi connectivity index (χ3v) is 4.12. The van der Waals surface area contributed by atoms with Gasteiger partial charge in [-0.05, 0) is 43.2 Å². The molecule has 9 nitrogen and oxygen atoms in total. The summed E-state index contributed by atoms with van der Waals surface area (Å²) in [5.74, 6) is -0.468. The average Bonchev–Trinajstić information content (AvgIpc) is 2.71. The molecule has 0 aliphatic rings. The SMILES string of the molecule is Cc1cccc(OCC(=O)OCC(=O)NCCNc2ccc([N+](=O)[O-])cc2)c1C. The minimum absolute atomic E-state index is 0.00667. The maximum absolute atomic E-state index is 11.7. The van der Waals surface area contributed by atoms with Gasteiger partial charge in [0.2, 0.25) is 0 Å². The zero-order valence-electron chi connectivity index (χ0n) is 16.3. The van der Waals surface area contributed by atoms with Gasteiger partial charge in [-0.2, -0.15) is 0 Å². The van der Waals surface area contributed by atoms with E-state index in [2.05, 4.69) is 10.6 Å². The third kappa shape index (κ3) is 7.13. The molecular weight excluding hydrogens is 378 g/mol. The summed E-state index contributed by atoms with van der Waals surface area (Å²) in [5, 5.41) is 16.2. The third-order valence-electron chi connectivity index (χ3n) is 4.12. The normalized spacial score (nSPS) is 10.1. The van der Waals surface area contributed by atoms with Crippen molar-refractivity contribution in [2.24, 2.45) is 0 Å². The Hall–Kier alpha value is -3.62. The van der Waals surface area contributed by atoms with Crippen molar-refractivity contribution in [3.8, 4) is 5.75 Å². The number of nitrogens with one attached hydrogen (secondary N) is 2. The number of non-ortho nitro benzene ring substituents is 1. The number of hydrogen-bond donors (Lipinski definition) is 2. The molecule has 0 unspecified atom stereocenters. The molecular formula is C20H23N3O6. The smallest absolute Gasteiger partial charge is 0.344 e. The van der Waals surface area contributed by atoms with Crippen LogP contribution in [0.25, 0.3) is 0 Å². The molecule has 0 bridgehead atoms. The minimum Gasteiger partial charge on any atom is -0.482 e. The van der Waals surface area contributed by atoms with Crippen LogP contribution in [0.4, 0.5) is 11.4 Å². The molecule has 2 aromatic rings. The quantitative estimate of drug-likeness (QED) is 0.271. The summed E-state index contributed by atoms with van der Waals surface area (Å²) < 4.78 is 10.3. The first-order valence-corrected chi connectivity index (χ1v) is 8.96. The average molecular weight is 401 g/mol. The Bertz CT molecular complexity index is 867. The maximum atomic E-state index is 11.7. The number of ether oxygens (including phenoxy) is 2. The summed E-state index contributed by atoms with van der Waals surface area (Å²) in [7, 11) is 0. The second-order valence-corrected chi connectivity index (χ2v) is 6.23. The van der Waals surface area contributed by atoms with Crippen LogP contribution in [0.2, 0.25) is 0 Å². The van der Waals surface area contributed by atoms with Gasteiger partial charge in [-0.15, -0.1) is 0 Å². The highest BCUT2D eigenvalue weighted by atomic mass is 16.6. The van der Waals surface area contributed by atoms with Gasteiger partial charge < -0.3 is 20.1 Å². The van der Waals surface area contributed by atoms with E-state index in [1.165, 1.54) is 12.1 Å². The fourth-order valence-corrected chi connectivity index (χ4v) is 2.37. The van der Waals surface area contributed by atoms with E-state index in [9.17, 15) is 19.7 Å². The second-order valence-electron chi connectivity index (χ2n) is 6.23. The number of carbonyl (C=O) groups is 2. The highest BCUT2D eigenvalue weighted by molar-refractivity contribution is 5.80. The van der Waals surface area contributed by atoms with Gasteiger partial charge >= 0.3 is 5.97 Å². The number of esters is 1. The number of carbonyl (C=O) groups excluding carboxylic acids is 2. The van der Waals surface area contributed by atoms with Crippen LogP contribution in [-0.4, -0.2) is 43.1 Å². The molecule has 1 amide bonds. The van der Waals surface area contributed by atoms with E-state index in [4.69, 9.17) is 9.47 Å². The Kier molecular flexibility index (Phi) is 7.96. The van der Waals surface area contributed by atoms with Gasteiger partial charge in [-0.25, -0.2) is 4.79 Å². The number of rotatable bonds is 10. The van der Waals surface area contributed by atoms with Crippen molar-refractivity contribution >= 4 is 23.3 Å². The van der Waals surface area contributed by atoms with E-state index in [1.54, 1.807) is 18.2 Å². The lowest BCUT2D eigenvalue weighted by atomic mass is 10.1. The Morgan fingerprint density at radius 2 is 1.76 bits per heavy atom. The predicted octanol–water partition coefficient (Wildman–Crippen LogP) is 2.36. The van der Waals surface area contributed by atoms with Crippen LogP contribution in [0.15, 0.2) is 42.5 Å². The van der Waals surface area contributed by atoms with Gasteiger partial charge in [-0.3, -0.25) is 14.9 Å². The summed E-state index contributed by atoms with van der Waals surface area (Å²) in [4.78, 5) is 33.6. The number of amides is 1. The summed E-state index contributed by atoms with van der Waals surface area (Å²) >= 11 is 0. The number of anilines is 1. The standard InChI is InChI=1S/C20H23N3O6/c1-14-4-3-5-18(15(14)2)28-13-20(25)29-12-19(24)22-11-10-21-16-6-8-17(9-7-16)23(26)27/h3-9,21H,10-13H2,1-2H3,(H,22,24). The largest absolute Gasteiger partial charge is 0.482 e. The van der Waals surface area contributed by atoms with Crippen molar-refractivity contribution in [2.45, 2.75) is 13.8 Å². The molecule has 9 heteroatoms. The van der Waals surface area contributed by atoms with Crippen LogP contribution in [0.3, 0.4) is 0 Å². The lowest BCUT2D eigenvalue weighted by Crippen LogP contribution is -2.33. The number of benzene rings is 2. The monoisotopic (exact) mass is 401 g/mol. The predicted molar refractivity (Wildman–Crippen MR) is 107 cm³/mol. The number of nitro benzene ring substituents is 1. The highest BCUT2D eigenvalue weighted by Gasteiger charge is 2.10. The number of aryl methyl sites for hydroxylation is 1. The number of nitrogens with zero attached hydrogens (tertiary/aromatic N) is 1. The van der Waals surface area contributed by atoms with Crippen LogP contribution in [-0.2, 0) is 14.3 Å². The highest BCUT2D eigenvalue weighted by Crippen LogP contribution is 2.20. The molecule has 0 aromatic heterocycles. The van der Waals surface area contributed by atoms with E-state index in [1.807, 2.05) is 26.0 Å². The molecule has 0 saturated carbocycles. The summed E-state index contributed by atoms with van der Waals surface area (Å²) in [5.41, 5.74) is 2.70. The first kappa shape index (κ1) is 21.7. The Morgan fingerprint density at radius 3 is 2.45 bits per heavy atom. The lowest BCUT2D eigenvalue weighted by molar-refractivity contribution is -0.384. The van der Waals surface area contributed by atoms with E-state index in [-0.39, 0.29) is 12.3 Å². The fourth-order valence-electron chi connectivity index (χ4n) is 2.37. The zero-order valence-corrected chi connectivity index (χ0v) is 16.3. The molecule has 0 spiro atoms. The maximum Gasteiger partial charge on any atom is 0.344 e. The molecule has 29 heavy (non-hydrogen) atoms.